The van der Waals surface area contributed by atoms with Crippen LogP contribution in [0.1, 0.15) is 26.2 Å². The molecule has 0 spiro atoms. The standard InChI is InChI=1S/C10H19N/c1-8-4-9(2)6-10(5-8)7-11-3/h9-11H,1,4-7H2,2-3H3. The smallest absolute Gasteiger partial charge is 0.00204 e. The van der Waals surface area contributed by atoms with Crippen molar-refractivity contribution in [2.75, 3.05) is 13.6 Å². The zero-order chi connectivity index (χ0) is 8.27. The van der Waals surface area contributed by atoms with Gasteiger partial charge in [0.05, 0.1) is 0 Å². The molecule has 1 heteroatoms. The number of hydrogen-bond donors (Lipinski definition) is 1. The van der Waals surface area contributed by atoms with Gasteiger partial charge in [0.25, 0.3) is 0 Å². The largest absolute Gasteiger partial charge is 0.319 e. The number of hydrogen-bond acceptors (Lipinski definition) is 1. The van der Waals surface area contributed by atoms with Gasteiger partial charge in [0.15, 0.2) is 0 Å². The number of rotatable bonds is 2. The molecule has 1 fully saturated rings. The highest BCUT2D eigenvalue weighted by Gasteiger charge is 2.19. The van der Waals surface area contributed by atoms with Crippen LogP contribution in [0.4, 0.5) is 0 Å². The van der Waals surface area contributed by atoms with Crippen LogP contribution in [0.15, 0.2) is 12.2 Å². The molecule has 11 heavy (non-hydrogen) atoms. The third kappa shape index (κ3) is 2.66. The van der Waals surface area contributed by atoms with Gasteiger partial charge in [0.2, 0.25) is 0 Å². The monoisotopic (exact) mass is 153 g/mol. The normalized spacial score (nSPS) is 32.4. The molecule has 1 rings (SSSR count). The molecule has 0 amide bonds. The van der Waals surface area contributed by atoms with Gasteiger partial charge in [-0.2, -0.15) is 0 Å². The molecular formula is C10H19N. The second-order valence-electron chi connectivity index (χ2n) is 3.92. The number of allylic oxidation sites excluding steroid dienone is 1. The van der Waals surface area contributed by atoms with Crippen molar-refractivity contribution in [3.8, 4) is 0 Å². The summed E-state index contributed by atoms with van der Waals surface area (Å²) in [4.78, 5) is 0. The predicted molar refractivity (Wildman–Crippen MR) is 49.6 cm³/mol. The molecule has 0 aromatic carbocycles. The SMILES string of the molecule is C=C1CC(C)CC(CNC)C1. The van der Waals surface area contributed by atoms with Crippen LogP contribution in [0.5, 0.6) is 0 Å². The van der Waals surface area contributed by atoms with Gasteiger partial charge in [-0.25, -0.2) is 0 Å². The zero-order valence-corrected chi connectivity index (χ0v) is 7.69. The average Bonchev–Trinajstić information content (AvgIpc) is 1.85. The van der Waals surface area contributed by atoms with E-state index in [1.54, 1.807) is 0 Å². The Hall–Kier alpha value is -0.300. The van der Waals surface area contributed by atoms with Gasteiger partial charge in [0, 0.05) is 0 Å². The highest BCUT2D eigenvalue weighted by Crippen LogP contribution is 2.30. The lowest BCUT2D eigenvalue weighted by Crippen LogP contribution is -2.24. The summed E-state index contributed by atoms with van der Waals surface area (Å²) in [6.45, 7) is 7.55. The van der Waals surface area contributed by atoms with E-state index in [4.69, 9.17) is 0 Å². The molecule has 0 bridgehead atoms. The predicted octanol–water partition coefficient (Wildman–Crippen LogP) is 2.20. The van der Waals surface area contributed by atoms with Gasteiger partial charge in [-0.15, -0.1) is 0 Å². The van der Waals surface area contributed by atoms with Crippen molar-refractivity contribution in [3.05, 3.63) is 12.2 Å². The minimum absolute atomic E-state index is 0.844. The molecule has 0 heterocycles. The van der Waals surface area contributed by atoms with Gasteiger partial charge < -0.3 is 5.32 Å². The van der Waals surface area contributed by atoms with E-state index in [-0.39, 0.29) is 0 Å². The molecule has 2 atom stereocenters. The zero-order valence-electron chi connectivity index (χ0n) is 7.69. The topological polar surface area (TPSA) is 12.0 Å². The van der Waals surface area contributed by atoms with Crippen LogP contribution in [0.2, 0.25) is 0 Å². The molecule has 0 aliphatic heterocycles. The summed E-state index contributed by atoms with van der Waals surface area (Å²) in [5, 5.41) is 3.24. The van der Waals surface area contributed by atoms with Crippen molar-refractivity contribution in [3.63, 3.8) is 0 Å². The second kappa shape index (κ2) is 3.91. The first kappa shape index (κ1) is 8.79. The molecule has 1 saturated carbocycles. The maximum absolute atomic E-state index is 4.07. The Labute approximate surface area is 69.9 Å². The third-order valence-electron chi connectivity index (χ3n) is 2.44. The van der Waals surface area contributed by atoms with Crippen molar-refractivity contribution in [1.29, 1.82) is 0 Å². The lowest BCUT2D eigenvalue weighted by Gasteiger charge is -2.28. The van der Waals surface area contributed by atoms with Crippen LogP contribution < -0.4 is 5.32 Å². The minimum Gasteiger partial charge on any atom is -0.319 e. The van der Waals surface area contributed by atoms with E-state index in [0.29, 0.717) is 0 Å². The Kier molecular flexibility index (Phi) is 3.13. The third-order valence-corrected chi connectivity index (χ3v) is 2.44. The van der Waals surface area contributed by atoms with Gasteiger partial charge in [0.1, 0.15) is 0 Å². The Morgan fingerprint density at radius 3 is 2.82 bits per heavy atom. The lowest BCUT2D eigenvalue weighted by atomic mass is 9.80. The van der Waals surface area contributed by atoms with Gasteiger partial charge in [-0.05, 0) is 44.7 Å². The Balaban J connectivity index is 2.36. The molecule has 0 aromatic rings. The van der Waals surface area contributed by atoms with Gasteiger partial charge in [-0.3, -0.25) is 0 Å². The first-order valence-corrected chi connectivity index (χ1v) is 4.53. The highest BCUT2D eigenvalue weighted by molar-refractivity contribution is 5.01. The van der Waals surface area contributed by atoms with Crippen molar-refractivity contribution >= 4 is 0 Å². The van der Waals surface area contributed by atoms with Crippen LogP contribution in [0.3, 0.4) is 0 Å². The summed E-state index contributed by atoms with van der Waals surface area (Å²) in [7, 11) is 2.03. The van der Waals surface area contributed by atoms with Crippen LogP contribution in [0, 0.1) is 11.8 Å². The maximum Gasteiger partial charge on any atom is -0.00204 e. The fourth-order valence-corrected chi connectivity index (χ4v) is 2.16. The van der Waals surface area contributed by atoms with Crippen molar-refractivity contribution in [2.45, 2.75) is 26.2 Å². The molecule has 1 aliphatic carbocycles. The average molecular weight is 153 g/mol. The molecule has 0 aromatic heterocycles. The van der Waals surface area contributed by atoms with Crippen molar-refractivity contribution in [1.82, 2.24) is 5.32 Å². The molecule has 64 valence electrons. The van der Waals surface area contributed by atoms with E-state index in [1.165, 1.54) is 24.8 Å². The van der Waals surface area contributed by atoms with Crippen LogP contribution in [-0.4, -0.2) is 13.6 Å². The molecule has 0 radical (unpaired) electrons. The Morgan fingerprint density at radius 2 is 2.27 bits per heavy atom. The second-order valence-corrected chi connectivity index (χ2v) is 3.92. The lowest BCUT2D eigenvalue weighted by molar-refractivity contribution is 0.330. The van der Waals surface area contributed by atoms with Gasteiger partial charge in [-0.1, -0.05) is 19.1 Å². The van der Waals surface area contributed by atoms with E-state index in [2.05, 4.69) is 18.8 Å². The molecule has 1 aliphatic rings. The summed E-state index contributed by atoms with van der Waals surface area (Å²) in [5.41, 5.74) is 1.45. The molecule has 1 nitrogen and oxygen atoms in total. The van der Waals surface area contributed by atoms with Crippen molar-refractivity contribution in [2.24, 2.45) is 11.8 Å². The van der Waals surface area contributed by atoms with E-state index in [9.17, 15) is 0 Å². The molecule has 2 unspecified atom stereocenters. The molecule has 1 N–H and O–H groups in total. The Bertz CT molecular complexity index is 140. The van der Waals surface area contributed by atoms with E-state index in [0.717, 1.165) is 18.4 Å². The quantitative estimate of drug-likeness (QED) is 0.600. The summed E-state index contributed by atoms with van der Waals surface area (Å²) in [6, 6.07) is 0. The van der Waals surface area contributed by atoms with Gasteiger partial charge >= 0.3 is 0 Å². The van der Waals surface area contributed by atoms with Crippen LogP contribution in [-0.2, 0) is 0 Å². The summed E-state index contributed by atoms with van der Waals surface area (Å²) in [5.74, 6) is 1.70. The van der Waals surface area contributed by atoms with Crippen molar-refractivity contribution < 1.29 is 0 Å². The Morgan fingerprint density at radius 1 is 1.55 bits per heavy atom. The number of nitrogens with one attached hydrogen (secondary N) is 1. The molecular weight excluding hydrogens is 134 g/mol. The molecule has 0 saturated heterocycles. The van der Waals surface area contributed by atoms with E-state index in [1.807, 2.05) is 7.05 Å². The minimum atomic E-state index is 0.844. The summed E-state index contributed by atoms with van der Waals surface area (Å²) < 4.78 is 0. The summed E-state index contributed by atoms with van der Waals surface area (Å²) >= 11 is 0. The fraction of sp³-hybridized carbons (Fsp3) is 0.800. The first-order valence-electron chi connectivity index (χ1n) is 4.53. The summed E-state index contributed by atoms with van der Waals surface area (Å²) in [6.07, 6.45) is 3.87. The first-order chi connectivity index (χ1) is 5.22. The van der Waals surface area contributed by atoms with Crippen LogP contribution in [0.25, 0.3) is 0 Å². The van der Waals surface area contributed by atoms with E-state index >= 15 is 0 Å². The van der Waals surface area contributed by atoms with E-state index < -0.39 is 0 Å². The van der Waals surface area contributed by atoms with Crippen LogP contribution >= 0.6 is 0 Å². The maximum atomic E-state index is 4.07. The fourth-order valence-electron chi connectivity index (χ4n) is 2.16. The highest BCUT2D eigenvalue weighted by atomic mass is 14.8.